The minimum atomic E-state index is -4.12. The van der Waals surface area contributed by atoms with Gasteiger partial charge in [-0.2, -0.15) is 8.78 Å². The van der Waals surface area contributed by atoms with Crippen molar-refractivity contribution in [3.8, 4) is 11.1 Å². The molecule has 1 aliphatic rings. The highest BCUT2D eigenvalue weighted by Gasteiger charge is 2.41. The number of fused-ring (bicyclic) bond motifs is 3. The number of carboxylic acids is 1. The Balaban J connectivity index is 1.61. The van der Waals surface area contributed by atoms with Gasteiger partial charge in [0, 0.05) is 5.92 Å². The largest absolute Gasteiger partial charge is 0.477 e. The van der Waals surface area contributed by atoms with E-state index in [0.717, 1.165) is 22.3 Å². The Bertz CT molecular complexity index is 977. The van der Waals surface area contributed by atoms with Gasteiger partial charge in [0.2, 0.25) is 5.91 Å². The third kappa shape index (κ3) is 4.65. The van der Waals surface area contributed by atoms with E-state index in [1.54, 1.807) is 0 Å². The summed E-state index contributed by atoms with van der Waals surface area (Å²) in [4.78, 5) is 34.9. The average Bonchev–Trinajstić information content (AvgIpc) is 3.04. The topological polar surface area (TPSA) is 105 Å². The maximum Gasteiger partial charge on any atom is 0.408 e. The molecular weight excluding hydrogens is 410 g/mol. The highest BCUT2D eigenvalue weighted by atomic mass is 19.3. The molecule has 3 rings (SSSR count). The molecule has 9 heteroatoms. The number of hydrogen-bond donors (Lipinski definition) is 3. The molecule has 0 saturated carbocycles. The van der Waals surface area contributed by atoms with Crippen LogP contribution in [0.15, 0.2) is 48.5 Å². The minimum Gasteiger partial charge on any atom is -0.477 e. The lowest BCUT2D eigenvalue weighted by molar-refractivity contribution is -0.164. The van der Waals surface area contributed by atoms with Gasteiger partial charge in [-0.1, -0.05) is 48.5 Å². The molecule has 2 aromatic rings. The smallest absolute Gasteiger partial charge is 0.408 e. The molecule has 3 N–H and O–H groups in total. The molecular formula is C22H22F2N2O5. The van der Waals surface area contributed by atoms with E-state index in [1.165, 1.54) is 13.8 Å². The van der Waals surface area contributed by atoms with Crippen molar-refractivity contribution in [3.05, 3.63) is 59.7 Å². The molecule has 2 aromatic carbocycles. The number of hydrogen-bond acceptors (Lipinski definition) is 4. The van der Waals surface area contributed by atoms with Gasteiger partial charge in [-0.25, -0.2) is 9.59 Å². The summed E-state index contributed by atoms with van der Waals surface area (Å²) < 4.78 is 31.7. The standard InChI is InChI=1S/C22H22F2N2O5/c1-21(2,18(27)25-12-22(23,24)19(28)29)26-20(30)31-11-17-15-9-5-3-7-13(15)14-8-4-6-10-16(14)17/h3-10,17H,11-12H2,1-2H3,(H,25,27)(H,26,30)(H,28,29). The first-order chi connectivity index (χ1) is 14.5. The highest BCUT2D eigenvalue weighted by Crippen LogP contribution is 2.44. The van der Waals surface area contributed by atoms with Gasteiger partial charge in [0.05, 0.1) is 6.54 Å². The van der Waals surface area contributed by atoms with Gasteiger partial charge in [0.1, 0.15) is 12.1 Å². The summed E-state index contributed by atoms with van der Waals surface area (Å²) >= 11 is 0. The molecule has 0 bridgehead atoms. The Hall–Kier alpha value is -3.49. The van der Waals surface area contributed by atoms with Crippen molar-refractivity contribution in [2.24, 2.45) is 0 Å². The second-order valence-electron chi connectivity index (χ2n) is 7.77. The molecule has 164 valence electrons. The fourth-order valence-electron chi connectivity index (χ4n) is 3.43. The number of amides is 2. The predicted octanol–water partition coefficient (Wildman–Crippen LogP) is 3.14. The van der Waals surface area contributed by atoms with Crippen LogP contribution in [0.1, 0.15) is 30.9 Å². The van der Waals surface area contributed by atoms with Crippen LogP contribution in [-0.2, 0) is 14.3 Å². The lowest BCUT2D eigenvalue weighted by atomic mass is 9.98. The Morgan fingerprint density at radius 1 is 1.00 bits per heavy atom. The number of carboxylic acid groups (broad SMARTS) is 1. The number of ether oxygens (including phenoxy) is 1. The van der Waals surface area contributed by atoms with Gasteiger partial charge < -0.3 is 20.5 Å². The molecule has 0 fully saturated rings. The second-order valence-corrected chi connectivity index (χ2v) is 7.77. The van der Waals surface area contributed by atoms with Crippen LogP contribution < -0.4 is 10.6 Å². The summed E-state index contributed by atoms with van der Waals surface area (Å²) in [6, 6.07) is 15.6. The van der Waals surface area contributed by atoms with Crippen molar-refractivity contribution < 1.29 is 33.0 Å². The molecule has 7 nitrogen and oxygen atoms in total. The lowest BCUT2D eigenvalue weighted by Gasteiger charge is -2.26. The van der Waals surface area contributed by atoms with Crippen molar-refractivity contribution >= 4 is 18.0 Å². The number of halogens is 2. The first kappa shape index (κ1) is 22.2. The number of benzene rings is 2. The number of carbonyl (C=O) groups is 3. The summed E-state index contributed by atoms with van der Waals surface area (Å²) in [5.41, 5.74) is 2.56. The van der Waals surface area contributed by atoms with E-state index in [0.29, 0.717) is 0 Å². The lowest BCUT2D eigenvalue weighted by Crippen LogP contribution is -2.57. The van der Waals surface area contributed by atoms with Crippen LogP contribution in [0.2, 0.25) is 0 Å². The molecule has 0 atom stereocenters. The number of nitrogens with one attached hydrogen (secondary N) is 2. The van der Waals surface area contributed by atoms with Crippen LogP contribution >= 0.6 is 0 Å². The monoisotopic (exact) mass is 432 g/mol. The van der Waals surface area contributed by atoms with E-state index in [2.05, 4.69) is 5.32 Å². The first-order valence-electron chi connectivity index (χ1n) is 9.55. The molecule has 0 spiro atoms. The van der Waals surface area contributed by atoms with E-state index < -0.39 is 36.0 Å². The van der Waals surface area contributed by atoms with E-state index in [-0.39, 0.29) is 12.5 Å². The summed E-state index contributed by atoms with van der Waals surface area (Å²) in [6.07, 6.45) is -0.896. The third-order valence-electron chi connectivity index (χ3n) is 5.11. The maximum atomic E-state index is 13.2. The number of alkyl carbamates (subject to hydrolysis) is 1. The predicted molar refractivity (Wildman–Crippen MR) is 108 cm³/mol. The van der Waals surface area contributed by atoms with E-state index in [4.69, 9.17) is 9.84 Å². The van der Waals surface area contributed by atoms with Gasteiger partial charge in [-0.3, -0.25) is 4.79 Å². The SMILES string of the molecule is CC(C)(NC(=O)OCC1c2ccccc2-c2ccccc21)C(=O)NCC(F)(F)C(=O)O. The van der Waals surface area contributed by atoms with Gasteiger partial charge >= 0.3 is 18.0 Å². The van der Waals surface area contributed by atoms with Crippen LogP contribution in [0.25, 0.3) is 11.1 Å². The Morgan fingerprint density at radius 2 is 1.52 bits per heavy atom. The maximum absolute atomic E-state index is 13.2. The quantitative estimate of drug-likeness (QED) is 0.624. The molecule has 1 aliphatic carbocycles. The zero-order valence-corrected chi connectivity index (χ0v) is 16.9. The second kappa shape index (κ2) is 8.33. The van der Waals surface area contributed by atoms with Crippen molar-refractivity contribution in [3.63, 3.8) is 0 Å². The first-order valence-corrected chi connectivity index (χ1v) is 9.55. The molecule has 0 aromatic heterocycles. The molecule has 31 heavy (non-hydrogen) atoms. The number of carbonyl (C=O) groups excluding carboxylic acids is 2. The van der Waals surface area contributed by atoms with Crippen molar-refractivity contribution in [1.82, 2.24) is 10.6 Å². The van der Waals surface area contributed by atoms with E-state index >= 15 is 0 Å². The third-order valence-corrected chi connectivity index (χ3v) is 5.11. The van der Waals surface area contributed by atoms with Crippen LogP contribution in [0, 0.1) is 0 Å². The summed E-state index contributed by atoms with van der Waals surface area (Å²) in [5, 5.41) is 12.6. The number of rotatable bonds is 7. The van der Waals surface area contributed by atoms with E-state index in [9.17, 15) is 23.2 Å². The van der Waals surface area contributed by atoms with Crippen molar-refractivity contribution in [2.75, 3.05) is 13.2 Å². The van der Waals surface area contributed by atoms with Crippen molar-refractivity contribution in [1.29, 1.82) is 0 Å². The molecule has 0 unspecified atom stereocenters. The molecule has 0 aliphatic heterocycles. The molecule has 2 amide bonds. The molecule has 0 radical (unpaired) electrons. The van der Waals surface area contributed by atoms with Gasteiger partial charge in [-0.05, 0) is 36.1 Å². The Morgan fingerprint density at radius 3 is 2.03 bits per heavy atom. The zero-order chi connectivity index (χ0) is 22.8. The van der Waals surface area contributed by atoms with Gasteiger partial charge in [0.15, 0.2) is 0 Å². The van der Waals surface area contributed by atoms with E-state index in [1.807, 2.05) is 53.8 Å². The Labute approximate surface area is 177 Å². The summed E-state index contributed by atoms with van der Waals surface area (Å²) in [6.45, 7) is 1.22. The normalized spacial score (nSPS) is 13.2. The number of alkyl halides is 2. The van der Waals surface area contributed by atoms with Gasteiger partial charge in [0.25, 0.3) is 0 Å². The van der Waals surface area contributed by atoms with Crippen molar-refractivity contribution in [2.45, 2.75) is 31.2 Å². The average molecular weight is 432 g/mol. The fraction of sp³-hybridized carbons (Fsp3) is 0.318. The molecule has 0 saturated heterocycles. The highest BCUT2D eigenvalue weighted by molar-refractivity contribution is 5.89. The fourth-order valence-corrected chi connectivity index (χ4v) is 3.43. The summed E-state index contributed by atoms with van der Waals surface area (Å²) in [7, 11) is 0. The van der Waals surface area contributed by atoms with Crippen LogP contribution in [-0.4, -0.2) is 47.7 Å². The number of aliphatic carboxylic acids is 1. The van der Waals surface area contributed by atoms with Crippen LogP contribution in [0.3, 0.4) is 0 Å². The molecule has 0 heterocycles. The Kier molecular flexibility index (Phi) is 5.97. The van der Waals surface area contributed by atoms with Crippen LogP contribution in [0.4, 0.5) is 13.6 Å². The van der Waals surface area contributed by atoms with Crippen LogP contribution in [0.5, 0.6) is 0 Å². The zero-order valence-electron chi connectivity index (χ0n) is 16.9. The summed E-state index contributed by atoms with van der Waals surface area (Å²) in [5.74, 6) is -7.61. The van der Waals surface area contributed by atoms with Gasteiger partial charge in [-0.15, -0.1) is 0 Å². The minimum absolute atomic E-state index is 0.0225.